The van der Waals surface area contributed by atoms with Gasteiger partial charge in [-0.3, -0.25) is 4.79 Å². The van der Waals surface area contributed by atoms with E-state index in [0.717, 1.165) is 25.9 Å². The van der Waals surface area contributed by atoms with E-state index >= 15 is 0 Å². The van der Waals surface area contributed by atoms with Gasteiger partial charge in [-0.2, -0.15) is 0 Å². The second-order valence-corrected chi connectivity index (χ2v) is 13.4. The Labute approximate surface area is 221 Å². The van der Waals surface area contributed by atoms with Gasteiger partial charge in [0.2, 0.25) is 11.9 Å². The molecule has 0 aromatic carbocycles. The summed E-state index contributed by atoms with van der Waals surface area (Å²) < 4.78 is 30.1. The van der Waals surface area contributed by atoms with Gasteiger partial charge in [-0.1, -0.05) is 27.2 Å². The molecule has 0 radical (unpaired) electrons. The van der Waals surface area contributed by atoms with Gasteiger partial charge in [-0.05, 0) is 50.6 Å². The minimum absolute atomic E-state index is 0.253. The van der Waals surface area contributed by atoms with Gasteiger partial charge in [0.05, 0.1) is 23.4 Å². The van der Waals surface area contributed by atoms with Crippen LogP contribution in [0.1, 0.15) is 53.4 Å². The quantitative estimate of drug-likeness (QED) is 0.375. The molecule has 0 aromatic rings. The van der Waals surface area contributed by atoms with Gasteiger partial charge in [-0.15, -0.1) is 0 Å². The standard InChI is InChI=1S/C27H37NO10/c1-13-19(30)36-17-16(29)25-15-12-14(23(2,3)4)24(25)18(34-11-10-28-8-6-5-7-9-28)20(31)37-22(24)38-27(25,21(32)35-15)26(13,17)33/h13-18,22,29,33H,5-12H2,1-4H3/t13-,14+,15-,16+,17+,18+,22+,24?,25+,26-,27-/m1/s1. The van der Waals surface area contributed by atoms with Crippen molar-refractivity contribution in [2.45, 2.75) is 95.3 Å². The lowest BCUT2D eigenvalue weighted by Gasteiger charge is -2.48. The zero-order valence-corrected chi connectivity index (χ0v) is 22.3. The van der Waals surface area contributed by atoms with Crippen molar-refractivity contribution >= 4 is 17.9 Å². The first kappa shape index (κ1) is 25.2. The first-order chi connectivity index (χ1) is 17.9. The van der Waals surface area contributed by atoms with E-state index in [0.29, 0.717) is 13.0 Å². The summed E-state index contributed by atoms with van der Waals surface area (Å²) in [5.41, 5.74) is -7.78. The summed E-state index contributed by atoms with van der Waals surface area (Å²) in [7, 11) is 0. The monoisotopic (exact) mass is 535 g/mol. The van der Waals surface area contributed by atoms with Gasteiger partial charge >= 0.3 is 17.9 Å². The summed E-state index contributed by atoms with van der Waals surface area (Å²) in [6, 6.07) is 0. The van der Waals surface area contributed by atoms with Crippen LogP contribution in [0.2, 0.25) is 0 Å². The Balaban J connectivity index is 1.38. The van der Waals surface area contributed by atoms with Crippen molar-refractivity contribution in [3.63, 3.8) is 0 Å². The number of piperidine rings is 1. The molecule has 2 N–H and O–H groups in total. The molecule has 5 heterocycles. The van der Waals surface area contributed by atoms with E-state index in [2.05, 4.69) is 4.90 Å². The molecular formula is C27H37NO10. The number of rotatable bonds is 4. The van der Waals surface area contributed by atoms with E-state index in [9.17, 15) is 24.6 Å². The fourth-order valence-corrected chi connectivity index (χ4v) is 9.78. The predicted molar refractivity (Wildman–Crippen MR) is 126 cm³/mol. The van der Waals surface area contributed by atoms with Crippen molar-refractivity contribution in [3.05, 3.63) is 0 Å². The number of hydrogen-bond donors (Lipinski definition) is 2. The third-order valence-electron chi connectivity index (χ3n) is 11.1. The van der Waals surface area contributed by atoms with Crippen molar-refractivity contribution in [2.75, 3.05) is 26.2 Å². The van der Waals surface area contributed by atoms with E-state index in [1.54, 1.807) is 0 Å². The van der Waals surface area contributed by atoms with Crippen LogP contribution in [0.25, 0.3) is 0 Å². The van der Waals surface area contributed by atoms with Gasteiger partial charge < -0.3 is 38.8 Å². The van der Waals surface area contributed by atoms with E-state index in [1.165, 1.54) is 13.3 Å². The number of ether oxygens (including phenoxy) is 5. The molecule has 2 spiro atoms. The highest BCUT2D eigenvalue weighted by Gasteiger charge is 3.04. The topological polar surface area (TPSA) is 141 Å². The summed E-state index contributed by atoms with van der Waals surface area (Å²) in [6.45, 7) is 10.3. The fourth-order valence-electron chi connectivity index (χ4n) is 9.78. The third-order valence-corrected chi connectivity index (χ3v) is 11.1. The van der Waals surface area contributed by atoms with Crippen LogP contribution >= 0.6 is 0 Å². The number of carbonyl (C=O) groups is 3. The van der Waals surface area contributed by atoms with Crippen LogP contribution in [-0.4, -0.2) is 101 Å². The molecule has 11 heteroatoms. The Kier molecular flexibility index (Phi) is 4.96. The lowest BCUT2D eigenvalue weighted by atomic mass is 9.51. The number of esters is 3. The maximum atomic E-state index is 13.8. The van der Waals surface area contributed by atoms with Crippen molar-refractivity contribution < 1.29 is 48.3 Å². The molecule has 11 nitrogen and oxygen atoms in total. The smallest absolute Gasteiger partial charge is 0.343 e. The van der Waals surface area contributed by atoms with E-state index in [-0.39, 0.29) is 12.5 Å². The average molecular weight is 536 g/mol. The van der Waals surface area contributed by atoms with Crippen LogP contribution < -0.4 is 0 Å². The van der Waals surface area contributed by atoms with Crippen molar-refractivity contribution in [1.82, 2.24) is 4.90 Å². The molecule has 1 unspecified atom stereocenters. The highest BCUT2D eigenvalue weighted by molar-refractivity contribution is 5.94. The zero-order chi connectivity index (χ0) is 27.0. The van der Waals surface area contributed by atoms with Crippen LogP contribution in [0.5, 0.6) is 0 Å². The fraction of sp³-hybridized carbons (Fsp3) is 0.889. The molecule has 2 saturated carbocycles. The van der Waals surface area contributed by atoms with Gasteiger partial charge in [0.25, 0.3) is 0 Å². The summed E-state index contributed by atoms with van der Waals surface area (Å²) in [5, 5.41) is 24.3. The molecule has 11 atom stereocenters. The summed E-state index contributed by atoms with van der Waals surface area (Å²) >= 11 is 0. The molecule has 7 aliphatic rings. The van der Waals surface area contributed by atoms with Crippen LogP contribution in [-0.2, 0) is 38.1 Å². The predicted octanol–water partition coefficient (Wildman–Crippen LogP) is 0.141. The van der Waals surface area contributed by atoms with Gasteiger partial charge in [0.1, 0.15) is 12.2 Å². The van der Waals surface area contributed by atoms with Crippen LogP contribution in [0.3, 0.4) is 0 Å². The van der Waals surface area contributed by atoms with E-state index in [4.69, 9.17) is 23.7 Å². The Morgan fingerprint density at radius 1 is 1.05 bits per heavy atom. The number of carbonyl (C=O) groups excluding carboxylic acids is 3. The molecule has 0 bridgehead atoms. The van der Waals surface area contributed by atoms with Gasteiger partial charge in [-0.25, -0.2) is 9.59 Å². The molecule has 7 rings (SSSR count). The van der Waals surface area contributed by atoms with E-state index in [1.807, 2.05) is 20.8 Å². The SMILES string of the molecule is C[C@@H]1C(=O)O[C@H]2[C@H](O)[C@@]34[C@H]5C[C@@H](C(C)(C)C)C36[C@@H](OC(=O)[C@@H]6OCCN3CCCCC3)O[C@@]4(C(=O)O5)[C@@]12O. The average Bonchev–Trinajstić information content (AvgIpc) is 3.58. The highest BCUT2D eigenvalue weighted by atomic mass is 16.8. The zero-order valence-electron chi connectivity index (χ0n) is 22.3. The molecule has 2 aliphatic carbocycles. The maximum Gasteiger partial charge on any atom is 0.343 e. The minimum Gasteiger partial charge on any atom is -0.459 e. The van der Waals surface area contributed by atoms with E-state index < -0.39 is 82.0 Å². The van der Waals surface area contributed by atoms with Crippen LogP contribution in [0.15, 0.2) is 0 Å². The Bertz CT molecular complexity index is 1100. The first-order valence-electron chi connectivity index (χ1n) is 13.9. The normalized spacial score (nSPS) is 52.9. The maximum absolute atomic E-state index is 13.8. The Morgan fingerprint density at radius 2 is 1.76 bits per heavy atom. The number of hydrogen-bond acceptors (Lipinski definition) is 11. The highest BCUT2D eigenvalue weighted by Crippen LogP contribution is 2.84. The molecular weight excluding hydrogens is 498 g/mol. The van der Waals surface area contributed by atoms with Crippen LogP contribution in [0.4, 0.5) is 0 Å². The minimum atomic E-state index is -2.20. The Hall–Kier alpha value is -1.79. The number of fused-ring (bicyclic) bond motifs is 1. The number of likely N-dealkylation sites (tertiary alicyclic amines) is 1. The second-order valence-electron chi connectivity index (χ2n) is 13.4. The number of nitrogens with zero attached hydrogens (tertiary/aromatic N) is 1. The third kappa shape index (κ3) is 2.37. The van der Waals surface area contributed by atoms with Crippen molar-refractivity contribution in [3.8, 4) is 0 Å². The van der Waals surface area contributed by atoms with Crippen molar-refractivity contribution in [2.24, 2.45) is 28.1 Å². The summed E-state index contributed by atoms with van der Waals surface area (Å²) in [4.78, 5) is 42.3. The first-order valence-corrected chi connectivity index (χ1v) is 13.9. The van der Waals surface area contributed by atoms with Crippen molar-refractivity contribution in [1.29, 1.82) is 0 Å². The van der Waals surface area contributed by atoms with Gasteiger partial charge in [0.15, 0.2) is 17.8 Å². The van der Waals surface area contributed by atoms with Crippen LogP contribution in [0, 0.1) is 28.1 Å². The summed E-state index contributed by atoms with van der Waals surface area (Å²) in [5.74, 6) is -3.74. The lowest BCUT2D eigenvalue weighted by molar-refractivity contribution is -0.240. The largest absolute Gasteiger partial charge is 0.459 e. The molecule has 0 amide bonds. The molecule has 7 fully saturated rings. The molecule has 5 saturated heterocycles. The molecule has 38 heavy (non-hydrogen) atoms. The molecule has 210 valence electrons. The molecule has 0 aromatic heterocycles. The second kappa shape index (κ2) is 7.48. The number of aliphatic hydroxyl groups is 2. The summed E-state index contributed by atoms with van der Waals surface area (Å²) in [6.07, 6.45) is -2.51. The van der Waals surface area contributed by atoms with Gasteiger partial charge in [0, 0.05) is 6.54 Å². The Morgan fingerprint density at radius 3 is 2.45 bits per heavy atom. The lowest BCUT2D eigenvalue weighted by Crippen LogP contribution is -2.67. The molecule has 5 aliphatic heterocycles. The number of aliphatic hydroxyl groups excluding tert-OH is 1.